The van der Waals surface area contributed by atoms with Gasteiger partial charge >= 0.3 is 6.09 Å². The van der Waals surface area contributed by atoms with Gasteiger partial charge in [-0.3, -0.25) is 9.59 Å². The lowest BCUT2D eigenvalue weighted by molar-refractivity contribution is -0.140. The van der Waals surface area contributed by atoms with E-state index >= 15 is 0 Å². The van der Waals surface area contributed by atoms with Crippen molar-refractivity contribution >= 4 is 23.6 Å². The van der Waals surface area contributed by atoms with E-state index < -0.39 is 23.8 Å². The molecule has 2 N–H and O–H groups in total. The van der Waals surface area contributed by atoms with Gasteiger partial charge in [0.1, 0.15) is 23.4 Å². The highest BCUT2D eigenvalue weighted by Crippen LogP contribution is 2.27. The number of unbranched alkanes of at least 4 members (excludes halogenated alkanes) is 1. The molecule has 0 aromatic heterocycles. The second kappa shape index (κ2) is 13.1. The Balaban J connectivity index is 2.44. The predicted octanol–water partition coefficient (Wildman–Crippen LogP) is 5.53. The minimum atomic E-state index is -0.900. The molecule has 8 heteroatoms. The number of hydrogen-bond donors (Lipinski definition) is 2. The number of nitrogens with zero attached hydrogens (tertiary/aromatic N) is 1. The zero-order chi connectivity index (χ0) is 27.8. The SMILES string of the molecule is CCCCN(C(=O)C(C)NC(=O)OC(C)(C)C)C(C(=O)Nc1ccc(OC)cc1)c1ccc(C)c(C)c1. The third-order valence-electron chi connectivity index (χ3n) is 5.90. The van der Waals surface area contributed by atoms with Crippen LogP contribution in [0.25, 0.3) is 0 Å². The summed E-state index contributed by atoms with van der Waals surface area (Å²) in [5, 5.41) is 5.57. The standard InChI is InChI=1S/C29H41N3O5/c1-9-10-17-32(27(34)21(4)30-28(35)37-29(5,6)7)25(22-12-11-19(2)20(3)18-22)26(33)31-23-13-15-24(36-8)16-14-23/h11-16,18,21,25H,9-10,17H2,1-8H3,(H,30,35)(H,31,33). The molecule has 2 rings (SSSR count). The normalized spacial score (nSPS) is 12.8. The topological polar surface area (TPSA) is 97.0 Å². The fourth-order valence-corrected chi connectivity index (χ4v) is 3.78. The monoisotopic (exact) mass is 511 g/mol. The van der Waals surface area contributed by atoms with Crippen molar-refractivity contribution in [2.24, 2.45) is 0 Å². The molecule has 0 bridgehead atoms. The van der Waals surface area contributed by atoms with Gasteiger partial charge in [0.15, 0.2) is 0 Å². The minimum absolute atomic E-state index is 0.345. The molecular formula is C29H41N3O5. The molecule has 0 spiro atoms. The van der Waals surface area contributed by atoms with Gasteiger partial charge < -0.3 is 25.0 Å². The molecular weight excluding hydrogens is 470 g/mol. The number of ether oxygens (including phenoxy) is 2. The molecule has 2 atom stereocenters. The third-order valence-corrected chi connectivity index (χ3v) is 5.90. The summed E-state index contributed by atoms with van der Waals surface area (Å²) in [6.07, 6.45) is 0.841. The van der Waals surface area contributed by atoms with Crippen LogP contribution in [0.5, 0.6) is 5.75 Å². The Hall–Kier alpha value is -3.55. The molecule has 0 heterocycles. The smallest absolute Gasteiger partial charge is 0.408 e. The summed E-state index contributed by atoms with van der Waals surface area (Å²) in [7, 11) is 1.58. The Labute approximate surface area is 220 Å². The van der Waals surface area contributed by atoms with E-state index in [1.807, 2.05) is 39.0 Å². The van der Waals surface area contributed by atoms with E-state index in [9.17, 15) is 14.4 Å². The zero-order valence-corrected chi connectivity index (χ0v) is 23.3. The summed E-state index contributed by atoms with van der Waals surface area (Å²) < 4.78 is 10.5. The van der Waals surface area contributed by atoms with Crippen molar-refractivity contribution in [1.82, 2.24) is 10.2 Å². The molecule has 202 valence electrons. The lowest BCUT2D eigenvalue weighted by Gasteiger charge is -2.34. The first-order valence-corrected chi connectivity index (χ1v) is 12.7. The summed E-state index contributed by atoms with van der Waals surface area (Å²) in [5.74, 6) is -0.0414. The second-order valence-corrected chi connectivity index (χ2v) is 10.2. The molecule has 2 aromatic carbocycles. The Kier molecular flexibility index (Phi) is 10.5. The van der Waals surface area contributed by atoms with Crippen LogP contribution in [0.4, 0.5) is 10.5 Å². The number of amides is 3. The maximum atomic E-state index is 13.8. The molecule has 3 amide bonds. The van der Waals surface area contributed by atoms with Crippen LogP contribution < -0.4 is 15.4 Å². The lowest BCUT2D eigenvalue weighted by Crippen LogP contribution is -2.51. The largest absolute Gasteiger partial charge is 0.497 e. The molecule has 0 aliphatic rings. The van der Waals surface area contributed by atoms with Crippen molar-refractivity contribution in [3.05, 3.63) is 59.2 Å². The maximum absolute atomic E-state index is 13.8. The maximum Gasteiger partial charge on any atom is 0.408 e. The second-order valence-electron chi connectivity index (χ2n) is 10.2. The highest BCUT2D eigenvalue weighted by Gasteiger charge is 2.34. The van der Waals surface area contributed by atoms with Crippen molar-refractivity contribution in [3.8, 4) is 5.75 Å². The summed E-state index contributed by atoms with van der Waals surface area (Å²) in [6.45, 7) is 13.2. The van der Waals surface area contributed by atoms with E-state index in [0.29, 0.717) is 30.0 Å². The fourth-order valence-electron chi connectivity index (χ4n) is 3.78. The van der Waals surface area contributed by atoms with Crippen molar-refractivity contribution in [3.63, 3.8) is 0 Å². The van der Waals surface area contributed by atoms with E-state index in [1.54, 1.807) is 64.0 Å². The number of anilines is 1. The van der Waals surface area contributed by atoms with Gasteiger partial charge in [-0.15, -0.1) is 0 Å². The van der Waals surface area contributed by atoms with Crippen molar-refractivity contribution in [2.45, 2.75) is 79.0 Å². The number of carbonyl (C=O) groups is 3. The Bertz CT molecular complexity index is 1080. The average molecular weight is 512 g/mol. The van der Waals surface area contributed by atoms with Gasteiger partial charge in [0.2, 0.25) is 5.91 Å². The van der Waals surface area contributed by atoms with Gasteiger partial charge in [0, 0.05) is 12.2 Å². The molecule has 8 nitrogen and oxygen atoms in total. The number of alkyl carbamates (subject to hydrolysis) is 1. The summed E-state index contributed by atoms with van der Waals surface area (Å²) in [5.41, 5.74) is 2.69. The highest BCUT2D eigenvalue weighted by molar-refractivity contribution is 5.99. The van der Waals surface area contributed by atoms with Crippen LogP contribution in [0.1, 0.15) is 70.2 Å². The van der Waals surface area contributed by atoms with E-state index in [-0.39, 0.29) is 11.8 Å². The fraction of sp³-hybridized carbons (Fsp3) is 0.483. The Morgan fingerprint density at radius 1 is 1.00 bits per heavy atom. The van der Waals surface area contributed by atoms with Gasteiger partial charge in [-0.05, 0) is 88.9 Å². The number of aryl methyl sites for hydroxylation is 2. The molecule has 37 heavy (non-hydrogen) atoms. The van der Waals surface area contributed by atoms with Gasteiger partial charge in [0.25, 0.3) is 5.91 Å². The van der Waals surface area contributed by atoms with Crippen LogP contribution in [0.2, 0.25) is 0 Å². The van der Waals surface area contributed by atoms with Crippen molar-refractivity contribution in [2.75, 3.05) is 19.0 Å². The molecule has 0 radical (unpaired) electrons. The van der Waals surface area contributed by atoms with Crippen LogP contribution in [-0.4, -0.2) is 48.1 Å². The highest BCUT2D eigenvalue weighted by atomic mass is 16.6. The van der Waals surface area contributed by atoms with Gasteiger partial charge in [-0.2, -0.15) is 0 Å². The number of hydrogen-bond acceptors (Lipinski definition) is 5. The van der Waals surface area contributed by atoms with Gasteiger partial charge in [-0.1, -0.05) is 31.5 Å². The van der Waals surface area contributed by atoms with Gasteiger partial charge in [-0.25, -0.2) is 4.79 Å². The van der Waals surface area contributed by atoms with E-state index in [0.717, 1.165) is 17.5 Å². The first-order chi connectivity index (χ1) is 17.4. The van der Waals surface area contributed by atoms with Crippen LogP contribution in [-0.2, 0) is 14.3 Å². The summed E-state index contributed by atoms with van der Waals surface area (Å²) in [6, 6.07) is 11.0. The van der Waals surface area contributed by atoms with E-state index in [2.05, 4.69) is 10.6 Å². The number of benzene rings is 2. The molecule has 2 unspecified atom stereocenters. The molecule has 0 saturated heterocycles. The van der Waals surface area contributed by atoms with E-state index in [4.69, 9.17) is 9.47 Å². The predicted molar refractivity (Wildman–Crippen MR) is 146 cm³/mol. The number of nitrogens with one attached hydrogen (secondary N) is 2. The quantitative estimate of drug-likeness (QED) is 0.437. The molecule has 0 fully saturated rings. The average Bonchev–Trinajstić information content (AvgIpc) is 2.82. The number of carbonyl (C=O) groups excluding carboxylic acids is 3. The first-order valence-electron chi connectivity index (χ1n) is 12.7. The first kappa shape index (κ1) is 29.7. The van der Waals surface area contributed by atoms with Crippen LogP contribution in [0.15, 0.2) is 42.5 Å². The number of methoxy groups -OCH3 is 1. The minimum Gasteiger partial charge on any atom is -0.497 e. The van der Waals surface area contributed by atoms with Crippen molar-refractivity contribution < 1.29 is 23.9 Å². The summed E-state index contributed by atoms with van der Waals surface area (Å²) in [4.78, 5) is 41.4. The molecule has 0 saturated carbocycles. The van der Waals surface area contributed by atoms with Crippen LogP contribution in [0, 0.1) is 13.8 Å². The number of rotatable bonds is 10. The van der Waals surface area contributed by atoms with Crippen LogP contribution in [0.3, 0.4) is 0 Å². The zero-order valence-electron chi connectivity index (χ0n) is 23.3. The lowest BCUT2D eigenvalue weighted by atomic mass is 9.98. The van der Waals surface area contributed by atoms with Gasteiger partial charge in [0.05, 0.1) is 7.11 Å². The Morgan fingerprint density at radius 3 is 2.19 bits per heavy atom. The van der Waals surface area contributed by atoms with E-state index in [1.165, 1.54) is 0 Å². The van der Waals surface area contributed by atoms with Crippen LogP contribution >= 0.6 is 0 Å². The third kappa shape index (κ3) is 8.81. The Morgan fingerprint density at radius 2 is 1.65 bits per heavy atom. The summed E-state index contributed by atoms with van der Waals surface area (Å²) >= 11 is 0. The molecule has 0 aliphatic carbocycles. The van der Waals surface area contributed by atoms with Crippen molar-refractivity contribution in [1.29, 1.82) is 0 Å². The molecule has 0 aliphatic heterocycles. The molecule has 2 aromatic rings.